The molecule has 14 heteroatoms. The summed E-state index contributed by atoms with van der Waals surface area (Å²) >= 11 is 0. The molecule has 0 aliphatic carbocycles. The van der Waals surface area contributed by atoms with Gasteiger partial charge in [-0.25, -0.2) is 14.8 Å². The van der Waals surface area contributed by atoms with Crippen molar-refractivity contribution in [3.63, 3.8) is 0 Å². The van der Waals surface area contributed by atoms with Crippen LogP contribution in [0.25, 0.3) is 5.82 Å². The molecule has 0 saturated carbocycles. The Kier molecular flexibility index (Phi) is 8.69. The number of carbonyl (C=O) groups is 2. The van der Waals surface area contributed by atoms with Gasteiger partial charge in [-0.15, -0.1) is 5.10 Å². The summed E-state index contributed by atoms with van der Waals surface area (Å²) in [5, 5.41) is 18.9. The molecule has 2 aromatic carbocycles. The average Bonchev–Trinajstić information content (AvgIpc) is 3.55. The Bertz CT molecular complexity index is 1510. The summed E-state index contributed by atoms with van der Waals surface area (Å²) in [6, 6.07) is 12.1. The second-order valence-corrected chi connectivity index (χ2v) is 8.98. The third-order valence-electron chi connectivity index (χ3n) is 5.52. The van der Waals surface area contributed by atoms with E-state index in [0.29, 0.717) is 34.9 Å². The quantitative estimate of drug-likeness (QED) is 0.160. The normalized spacial score (nSPS) is 11.1. The highest BCUT2D eigenvalue weighted by atomic mass is 16.6. The smallest absolute Gasteiger partial charge is 0.338 e. The van der Waals surface area contributed by atoms with Gasteiger partial charge in [0.1, 0.15) is 18.1 Å². The molecule has 3 N–H and O–H groups in total. The summed E-state index contributed by atoms with van der Waals surface area (Å²) in [6.45, 7) is 6.12. The molecule has 0 aliphatic rings. The van der Waals surface area contributed by atoms with E-state index in [1.165, 1.54) is 10.9 Å². The Morgan fingerprint density at radius 3 is 2.62 bits per heavy atom. The van der Waals surface area contributed by atoms with Crippen LogP contribution in [0.4, 0.5) is 5.82 Å². The van der Waals surface area contributed by atoms with Crippen molar-refractivity contribution in [1.82, 2.24) is 30.7 Å². The summed E-state index contributed by atoms with van der Waals surface area (Å²) in [6.07, 6.45) is 1.47. The van der Waals surface area contributed by atoms with Crippen molar-refractivity contribution in [2.75, 3.05) is 19.5 Å². The zero-order chi connectivity index (χ0) is 28.6. The Labute approximate surface area is 229 Å². The fraction of sp³-hybridized carbons (Fsp3) is 0.269. The molecule has 0 saturated heterocycles. The predicted octanol–water partition coefficient (Wildman–Crippen LogP) is 2.71. The number of ether oxygens (including phenoxy) is 3. The number of nitrogen functional groups attached to an aromatic ring is 1. The van der Waals surface area contributed by atoms with Crippen LogP contribution in [0.2, 0.25) is 0 Å². The van der Waals surface area contributed by atoms with E-state index < -0.39 is 5.91 Å². The topological polar surface area (TPSA) is 182 Å². The number of nitrogens with one attached hydrogen (secondary N) is 1. The van der Waals surface area contributed by atoms with Gasteiger partial charge in [-0.2, -0.15) is 9.78 Å². The summed E-state index contributed by atoms with van der Waals surface area (Å²) in [4.78, 5) is 24.7. The van der Waals surface area contributed by atoms with Crippen molar-refractivity contribution in [1.29, 1.82) is 0 Å². The predicted molar refractivity (Wildman–Crippen MR) is 142 cm³/mol. The minimum absolute atomic E-state index is 0.0103. The number of methoxy groups -OCH3 is 1. The molecule has 0 radical (unpaired) electrons. The van der Waals surface area contributed by atoms with E-state index in [1.54, 1.807) is 50.4 Å². The van der Waals surface area contributed by atoms with Crippen LogP contribution < -0.4 is 20.6 Å². The molecule has 0 spiro atoms. The van der Waals surface area contributed by atoms with E-state index in [0.717, 1.165) is 5.56 Å². The zero-order valence-corrected chi connectivity index (χ0v) is 22.3. The highest BCUT2D eigenvalue weighted by Crippen LogP contribution is 2.22. The summed E-state index contributed by atoms with van der Waals surface area (Å²) < 4.78 is 22.4. The minimum atomic E-state index is -0.580. The standard InChI is InChI=1S/C26H28N8O6/c1-15(2)13-39-26(36)18-6-8-20(9-7-18)38-14-19-11-17(5-10-21(19)37-4)12-28-30-25(35)22-16(3)34(33-29-22)24-23(27)31-40-32-24/h5-12,15H,13-14H2,1-4H3,(H2,27,31)(H,30,35)/b28-12+. The third-order valence-corrected chi connectivity index (χ3v) is 5.52. The number of carbonyl (C=O) groups excluding carboxylic acids is 2. The molecule has 40 heavy (non-hydrogen) atoms. The van der Waals surface area contributed by atoms with Crippen molar-refractivity contribution in [3.8, 4) is 17.3 Å². The molecular weight excluding hydrogens is 520 g/mol. The Morgan fingerprint density at radius 1 is 1.18 bits per heavy atom. The second-order valence-electron chi connectivity index (χ2n) is 8.98. The Morgan fingerprint density at radius 2 is 1.95 bits per heavy atom. The lowest BCUT2D eigenvalue weighted by Gasteiger charge is -2.12. The van der Waals surface area contributed by atoms with Gasteiger partial charge in [-0.05, 0) is 71.2 Å². The van der Waals surface area contributed by atoms with E-state index in [9.17, 15) is 9.59 Å². The van der Waals surface area contributed by atoms with Crippen molar-refractivity contribution in [3.05, 3.63) is 70.5 Å². The maximum atomic E-state index is 12.6. The monoisotopic (exact) mass is 548 g/mol. The lowest BCUT2D eigenvalue weighted by atomic mass is 10.1. The van der Waals surface area contributed by atoms with Crippen molar-refractivity contribution >= 4 is 23.9 Å². The number of rotatable bonds is 11. The minimum Gasteiger partial charge on any atom is -0.496 e. The molecule has 0 bridgehead atoms. The molecule has 2 aromatic heterocycles. The molecular formula is C26H28N8O6. The summed E-state index contributed by atoms with van der Waals surface area (Å²) in [7, 11) is 1.56. The maximum Gasteiger partial charge on any atom is 0.338 e. The molecule has 0 aliphatic heterocycles. The van der Waals surface area contributed by atoms with Gasteiger partial charge in [-0.1, -0.05) is 19.1 Å². The molecule has 0 unspecified atom stereocenters. The van der Waals surface area contributed by atoms with Gasteiger partial charge in [0, 0.05) is 5.56 Å². The first-order chi connectivity index (χ1) is 19.3. The number of benzene rings is 2. The fourth-order valence-corrected chi connectivity index (χ4v) is 3.46. The van der Waals surface area contributed by atoms with Gasteiger partial charge in [-0.3, -0.25) is 4.79 Å². The first kappa shape index (κ1) is 27.8. The first-order valence-electron chi connectivity index (χ1n) is 12.2. The van der Waals surface area contributed by atoms with Crippen LogP contribution in [-0.2, 0) is 11.3 Å². The number of amides is 1. The molecule has 14 nitrogen and oxygen atoms in total. The van der Waals surface area contributed by atoms with E-state index in [4.69, 9.17) is 19.9 Å². The van der Waals surface area contributed by atoms with Crippen LogP contribution in [0, 0.1) is 12.8 Å². The largest absolute Gasteiger partial charge is 0.496 e. The van der Waals surface area contributed by atoms with E-state index in [2.05, 4.69) is 35.8 Å². The van der Waals surface area contributed by atoms with Crippen LogP contribution in [0.1, 0.15) is 51.5 Å². The van der Waals surface area contributed by atoms with E-state index >= 15 is 0 Å². The number of esters is 1. The molecule has 208 valence electrons. The van der Waals surface area contributed by atoms with E-state index in [-0.39, 0.29) is 35.8 Å². The zero-order valence-electron chi connectivity index (χ0n) is 22.3. The summed E-state index contributed by atoms with van der Waals surface area (Å²) in [5.41, 5.74) is 10.4. The van der Waals surface area contributed by atoms with Crippen LogP contribution in [0.15, 0.2) is 52.2 Å². The number of aromatic nitrogens is 5. The van der Waals surface area contributed by atoms with Crippen LogP contribution in [0.3, 0.4) is 0 Å². The van der Waals surface area contributed by atoms with Gasteiger partial charge < -0.3 is 19.9 Å². The molecule has 1 amide bonds. The Balaban J connectivity index is 1.37. The molecule has 0 atom stereocenters. The first-order valence-corrected chi connectivity index (χ1v) is 12.2. The lowest BCUT2D eigenvalue weighted by Crippen LogP contribution is -2.19. The number of anilines is 1. The molecule has 4 aromatic rings. The number of hydrogen-bond acceptors (Lipinski definition) is 12. The fourth-order valence-electron chi connectivity index (χ4n) is 3.46. The Hall–Kier alpha value is -5.27. The number of nitrogens with zero attached hydrogens (tertiary/aromatic N) is 6. The van der Waals surface area contributed by atoms with Crippen LogP contribution >= 0.6 is 0 Å². The van der Waals surface area contributed by atoms with E-state index in [1.807, 2.05) is 19.9 Å². The molecule has 4 rings (SSSR count). The second kappa shape index (κ2) is 12.5. The molecule has 0 fully saturated rings. The number of hydrogen-bond donors (Lipinski definition) is 2. The van der Waals surface area contributed by atoms with Gasteiger partial charge >= 0.3 is 5.97 Å². The highest BCUT2D eigenvalue weighted by Gasteiger charge is 2.20. The lowest BCUT2D eigenvalue weighted by molar-refractivity contribution is 0.0459. The summed E-state index contributed by atoms with van der Waals surface area (Å²) in [5.74, 6) is 0.622. The van der Waals surface area contributed by atoms with Crippen LogP contribution in [0.5, 0.6) is 11.5 Å². The van der Waals surface area contributed by atoms with Crippen molar-refractivity contribution < 1.29 is 28.4 Å². The third kappa shape index (κ3) is 6.59. The van der Waals surface area contributed by atoms with Crippen molar-refractivity contribution in [2.24, 2.45) is 11.0 Å². The van der Waals surface area contributed by atoms with Gasteiger partial charge in [0.05, 0.1) is 31.2 Å². The maximum absolute atomic E-state index is 12.6. The van der Waals surface area contributed by atoms with Crippen molar-refractivity contribution in [2.45, 2.75) is 27.4 Å². The van der Waals surface area contributed by atoms with Gasteiger partial charge in [0.15, 0.2) is 5.69 Å². The highest BCUT2D eigenvalue weighted by molar-refractivity contribution is 5.94. The average molecular weight is 549 g/mol. The van der Waals surface area contributed by atoms with Gasteiger partial charge in [0.25, 0.3) is 5.91 Å². The molecule has 2 heterocycles. The number of hydrazone groups is 1. The SMILES string of the molecule is COc1ccc(/C=N/NC(=O)c2nnn(-c3nonc3N)c2C)cc1COc1ccc(C(=O)OCC(C)C)cc1. The van der Waals surface area contributed by atoms with Crippen LogP contribution in [-0.4, -0.2) is 57.1 Å². The number of nitrogens with two attached hydrogens (primary N) is 1. The van der Waals surface area contributed by atoms with Gasteiger partial charge in [0.2, 0.25) is 11.6 Å².